The summed E-state index contributed by atoms with van der Waals surface area (Å²) in [6, 6.07) is 0. The highest BCUT2D eigenvalue weighted by Gasteiger charge is 1.90. The molecule has 0 N–H and O–H groups in total. The molecule has 0 aromatic rings. The standard InChI is InChI=1S/C4H10NO2S/c1-3-4-8(6,7)5-2/h3-4H2,1-2H3/q-1. The summed E-state index contributed by atoms with van der Waals surface area (Å²) in [7, 11) is -1.75. The molecule has 0 heterocycles. The minimum absolute atomic E-state index is 0.170. The van der Waals surface area contributed by atoms with Gasteiger partial charge in [0.2, 0.25) is 0 Å². The van der Waals surface area contributed by atoms with Gasteiger partial charge in [-0.3, -0.25) is 0 Å². The highest BCUT2D eigenvalue weighted by molar-refractivity contribution is 7.93. The van der Waals surface area contributed by atoms with Crippen LogP contribution in [0.25, 0.3) is 4.72 Å². The number of rotatable bonds is 3. The van der Waals surface area contributed by atoms with Crippen LogP contribution in [0.4, 0.5) is 0 Å². The summed E-state index contributed by atoms with van der Waals surface area (Å²) in [4.78, 5) is 0. The van der Waals surface area contributed by atoms with Crippen molar-refractivity contribution in [2.75, 3.05) is 12.8 Å². The van der Waals surface area contributed by atoms with E-state index in [0.29, 0.717) is 6.42 Å². The molecule has 0 aliphatic heterocycles. The first-order valence-electron chi connectivity index (χ1n) is 2.46. The molecular weight excluding hydrogens is 126 g/mol. The van der Waals surface area contributed by atoms with E-state index in [1.165, 1.54) is 7.05 Å². The molecule has 0 aliphatic carbocycles. The molecule has 0 unspecified atom stereocenters. The molecule has 0 rings (SSSR count). The van der Waals surface area contributed by atoms with Crippen molar-refractivity contribution in [1.29, 1.82) is 0 Å². The van der Waals surface area contributed by atoms with E-state index in [2.05, 4.69) is 4.72 Å². The average molecular weight is 136 g/mol. The molecule has 4 heteroatoms. The van der Waals surface area contributed by atoms with Gasteiger partial charge in [-0.15, -0.1) is 0 Å². The number of sulfonamides is 1. The van der Waals surface area contributed by atoms with Gasteiger partial charge in [-0.1, -0.05) is 6.92 Å². The third kappa shape index (κ3) is 2.98. The Morgan fingerprint density at radius 3 is 2.12 bits per heavy atom. The fraction of sp³-hybridized carbons (Fsp3) is 1.00. The minimum atomic E-state index is -3.04. The maximum Gasteiger partial charge on any atom is 0.0719 e. The van der Waals surface area contributed by atoms with Crippen molar-refractivity contribution in [1.82, 2.24) is 0 Å². The topological polar surface area (TPSA) is 48.2 Å². The lowest BCUT2D eigenvalue weighted by Gasteiger charge is -2.10. The smallest absolute Gasteiger partial charge is 0.0719 e. The highest BCUT2D eigenvalue weighted by Crippen LogP contribution is 1.97. The lowest BCUT2D eigenvalue weighted by Crippen LogP contribution is -2.00. The lowest BCUT2D eigenvalue weighted by atomic mass is 10.6. The van der Waals surface area contributed by atoms with E-state index in [-0.39, 0.29) is 5.75 Å². The van der Waals surface area contributed by atoms with Crippen molar-refractivity contribution in [3.05, 3.63) is 4.72 Å². The van der Waals surface area contributed by atoms with Crippen LogP contribution in [-0.4, -0.2) is 21.2 Å². The third-order valence-corrected chi connectivity index (χ3v) is 2.22. The molecule has 0 amide bonds. The summed E-state index contributed by atoms with van der Waals surface area (Å²) in [5, 5.41) is 0. The molecule has 0 bridgehead atoms. The maximum atomic E-state index is 10.4. The van der Waals surface area contributed by atoms with Crippen LogP contribution in [0, 0.1) is 0 Å². The molecule has 0 aromatic heterocycles. The minimum Gasteiger partial charge on any atom is -0.552 e. The molecule has 3 nitrogen and oxygen atoms in total. The molecule has 0 saturated heterocycles. The summed E-state index contributed by atoms with van der Waals surface area (Å²) in [5.74, 6) is 0.170. The molecule has 50 valence electrons. The third-order valence-electron chi connectivity index (χ3n) is 0.740. The Balaban J connectivity index is 3.76. The molecule has 8 heavy (non-hydrogen) atoms. The van der Waals surface area contributed by atoms with Gasteiger partial charge in [-0.25, -0.2) is 8.42 Å². The summed E-state index contributed by atoms with van der Waals surface area (Å²) in [5.41, 5.74) is 0. The van der Waals surface area contributed by atoms with Gasteiger partial charge in [0.25, 0.3) is 0 Å². The van der Waals surface area contributed by atoms with Crippen molar-refractivity contribution in [2.24, 2.45) is 0 Å². The van der Waals surface area contributed by atoms with E-state index in [4.69, 9.17) is 0 Å². The van der Waals surface area contributed by atoms with Gasteiger partial charge in [-0.2, -0.15) is 7.05 Å². The average Bonchev–Trinajstić information content (AvgIpc) is 1.67. The lowest BCUT2D eigenvalue weighted by molar-refractivity contribution is 0.601. The van der Waals surface area contributed by atoms with E-state index >= 15 is 0 Å². The van der Waals surface area contributed by atoms with Crippen LogP contribution in [0.15, 0.2) is 0 Å². The first kappa shape index (κ1) is 7.91. The molecular formula is C4H10NO2S-. The quantitative estimate of drug-likeness (QED) is 0.574. The number of hydrogen-bond donors (Lipinski definition) is 0. The van der Waals surface area contributed by atoms with E-state index in [1.807, 2.05) is 6.92 Å². The van der Waals surface area contributed by atoms with E-state index in [0.717, 1.165) is 0 Å². The van der Waals surface area contributed by atoms with Crippen molar-refractivity contribution < 1.29 is 8.42 Å². The predicted molar refractivity (Wildman–Crippen MR) is 33.4 cm³/mol. The van der Waals surface area contributed by atoms with Crippen LogP contribution in [0.3, 0.4) is 0 Å². The Hall–Kier alpha value is -0.0900. The monoisotopic (exact) mass is 136 g/mol. The maximum absolute atomic E-state index is 10.4. The Morgan fingerprint density at radius 2 is 2.00 bits per heavy atom. The summed E-state index contributed by atoms with van der Waals surface area (Å²) in [6.07, 6.45) is 0.639. The Labute approximate surface area is 50.1 Å². The van der Waals surface area contributed by atoms with Crippen molar-refractivity contribution in [3.63, 3.8) is 0 Å². The van der Waals surface area contributed by atoms with Gasteiger partial charge in [0.05, 0.1) is 10.0 Å². The first-order valence-corrected chi connectivity index (χ1v) is 4.07. The molecule has 0 spiro atoms. The second-order valence-electron chi connectivity index (χ2n) is 1.47. The van der Waals surface area contributed by atoms with Gasteiger partial charge in [-0.05, 0) is 6.42 Å². The molecule has 0 saturated carbocycles. The largest absolute Gasteiger partial charge is 0.552 e. The van der Waals surface area contributed by atoms with Gasteiger partial charge >= 0.3 is 0 Å². The zero-order valence-electron chi connectivity index (χ0n) is 5.09. The van der Waals surface area contributed by atoms with Crippen LogP contribution in [0.1, 0.15) is 13.3 Å². The molecule has 0 aliphatic rings. The van der Waals surface area contributed by atoms with Crippen LogP contribution < -0.4 is 0 Å². The van der Waals surface area contributed by atoms with Crippen molar-refractivity contribution in [2.45, 2.75) is 13.3 Å². The van der Waals surface area contributed by atoms with Crippen LogP contribution in [-0.2, 0) is 10.0 Å². The number of nitrogens with zero attached hydrogens (tertiary/aromatic N) is 1. The Bertz CT molecular complexity index is 138. The van der Waals surface area contributed by atoms with Crippen molar-refractivity contribution in [3.8, 4) is 0 Å². The normalized spacial score (nSPS) is 11.8. The number of hydrogen-bond acceptors (Lipinski definition) is 2. The Morgan fingerprint density at radius 1 is 1.50 bits per heavy atom. The molecule has 0 fully saturated rings. The van der Waals surface area contributed by atoms with Gasteiger partial charge in [0.1, 0.15) is 0 Å². The molecule has 0 aromatic carbocycles. The highest BCUT2D eigenvalue weighted by atomic mass is 32.2. The van der Waals surface area contributed by atoms with E-state index < -0.39 is 10.0 Å². The van der Waals surface area contributed by atoms with Crippen molar-refractivity contribution >= 4 is 10.0 Å². The van der Waals surface area contributed by atoms with E-state index in [1.54, 1.807) is 0 Å². The second kappa shape index (κ2) is 3.04. The predicted octanol–water partition coefficient (Wildman–Crippen LogP) is 0.730. The summed E-state index contributed by atoms with van der Waals surface area (Å²) in [6.45, 7) is 1.81. The first-order chi connectivity index (χ1) is 3.62. The van der Waals surface area contributed by atoms with Gasteiger partial charge in [0, 0.05) is 5.75 Å². The Kier molecular flexibility index (Phi) is 3.01. The fourth-order valence-electron chi connectivity index (χ4n) is 0.349. The van der Waals surface area contributed by atoms with Gasteiger partial charge in [0.15, 0.2) is 0 Å². The van der Waals surface area contributed by atoms with Crippen LogP contribution >= 0.6 is 0 Å². The van der Waals surface area contributed by atoms with E-state index in [9.17, 15) is 8.42 Å². The van der Waals surface area contributed by atoms with Crippen LogP contribution in [0.2, 0.25) is 0 Å². The van der Waals surface area contributed by atoms with Gasteiger partial charge < -0.3 is 4.72 Å². The zero-order chi connectivity index (χ0) is 6.62. The summed E-state index contributed by atoms with van der Waals surface area (Å²) >= 11 is 0. The fourth-order valence-corrected chi connectivity index (χ4v) is 1.05. The zero-order valence-corrected chi connectivity index (χ0v) is 5.90. The van der Waals surface area contributed by atoms with Crippen LogP contribution in [0.5, 0.6) is 0 Å². The second-order valence-corrected chi connectivity index (χ2v) is 3.41. The molecule has 0 radical (unpaired) electrons. The summed E-state index contributed by atoms with van der Waals surface area (Å²) < 4.78 is 24.0. The molecule has 0 atom stereocenters. The SMILES string of the molecule is CCCS(=O)(=O)[N-]C.